The van der Waals surface area contributed by atoms with Gasteiger partial charge in [0.05, 0.1) is 12.7 Å². The summed E-state index contributed by atoms with van der Waals surface area (Å²) in [5, 5.41) is 2.58. The molecule has 0 aliphatic carbocycles. The molecule has 0 aromatic carbocycles. The van der Waals surface area contributed by atoms with Crippen LogP contribution in [0.4, 0.5) is 13.2 Å². The molecule has 0 spiro atoms. The van der Waals surface area contributed by atoms with Gasteiger partial charge in [-0.3, -0.25) is 4.79 Å². The maximum absolute atomic E-state index is 12.7. The first-order valence-corrected chi connectivity index (χ1v) is 8.22. The Balaban J connectivity index is 1.69. The summed E-state index contributed by atoms with van der Waals surface area (Å²) in [6.45, 7) is 2.59. The summed E-state index contributed by atoms with van der Waals surface area (Å²) >= 11 is 0. The summed E-state index contributed by atoms with van der Waals surface area (Å²) < 4.78 is 48.9. The van der Waals surface area contributed by atoms with Gasteiger partial charge in [0.15, 0.2) is 0 Å². The van der Waals surface area contributed by atoms with Crippen LogP contribution in [-0.2, 0) is 26.9 Å². The van der Waals surface area contributed by atoms with Gasteiger partial charge in [-0.2, -0.15) is 13.2 Å². The largest absolute Gasteiger partial charge is 0.433 e. The smallest absolute Gasteiger partial charge is 0.376 e. The zero-order valence-corrected chi connectivity index (χ0v) is 14.1. The third kappa shape index (κ3) is 6.95. The summed E-state index contributed by atoms with van der Waals surface area (Å²) in [5.74, 6) is -0.288. The standard InChI is InChI=1S/C16H22F3N3O3/c1-11-8-13(16(17,18)19)22-14(21-11)5-6-20-15(23)10-24-9-12-4-2-3-7-25-12/h8,12H,2-7,9-10H2,1H3,(H,20,23)/t12-/m0/s1. The fourth-order valence-electron chi connectivity index (χ4n) is 2.47. The van der Waals surface area contributed by atoms with Crippen LogP contribution in [0.15, 0.2) is 6.07 Å². The van der Waals surface area contributed by atoms with Gasteiger partial charge in [-0.25, -0.2) is 9.97 Å². The number of rotatable bonds is 7. The van der Waals surface area contributed by atoms with Gasteiger partial charge in [0.25, 0.3) is 0 Å². The molecular formula is C16H22F3N3O3. The third-order valence-corrected chi connectivity index (χ3v) is 3.67. The van der Waals surface area contributed by atoms with Crippen molar-refractivity contribution in [1.29, 1.82) is 0 Å². The highest BCUT2D eigenvalue weighted by molar-refractivity contribution is 5.77. The van der Waals surface area contributed by atoms with Crippen molar-refractivity contribution in [3.63, 3.8) is 0 Å². The van der Waals surface area contributed by atoms with Gasteiger partial charge >= 0.3 is 6.18 Å². The number of nitrogens with one attached hydrogen (secondary N) is 1. The minimum atomic E-state index is -4.51. The molecule has 0 saturated carbocycles. The summed E-state index contributed by atoms with van der Waals surface area (Å²) in [6.07, 6.45) is -1.30. The van der Waals surface area contributed by atoms with Crippen molar-refractivity contribution >= 4 is 5.91 Å². The molecular weight excluding hydrogens is 339 g/mol. The maximum atomic E-state index is 12.7. The van der Waals surface area contributed by atoms with Gasteiger partial charge in [-0.05, 0) is 32.3 Å². The topological polar surface area (TPSA) is 73.3 Å². The highest BCUT2D eigenvalue weighted by Gasteiger charge is 2.33. The number of carbonyl (C=O) groups is 1. The predicted octanol–water partition coefficient (Wildman–Crippen LogP) is 2.05. The quantitative estimate of drug-likeness (QED) is 0.805. The molecule has 6 nitrogen and oxygen atoms in total. The zero-order valence-electron chi connectivity index (χ0n) is 14.1. The molecule has 2 heterocycles. The van der Waals surface area contributed by atoms with Crippen molar-refractivity contribution in [2.75, 3.05) is 26.4 Å². The first-order chi connectivity index (χ1) is 11.8. The highest BCUT2D eigenvalue weighted by atomic mass is 19.4. The molecule has 1 saturated heterocycles. The van der Waals surface area contributed by atoms with Crippen molar-refractivity contribution in [2.45, 2.75) is 44.9 Å². The Labute approximate surface area is 144 Å². The van der Waals surface area contributed by atoms with Crippen LogP contribution in [0.1, 0.15) is 36.5 Å². The SMILES string of the molecule is Cc1cc(C(F)(F)F)nc(CCNC(=O)COC[C@@H]2CCCCO2)n1. The summed E-state index contributed by atoms with van der Waals surface area (Å²) in [4.78, 5) is 19.1. The van der Waals surface area contributed by atoms with Gasteiger partial charge in [0, 0.05) is 25.3 Å². The summed E-state index contributed by atoms with van der Waals surface area (Å²) in [6, 6.07) is 0.892. The lowest BCUT2D eigenvalue weighted by molar-refractivity contribution is -0.141. The Kier molecular flexibility index (Phi) is 7.12. The molecule has 1 atom stereocenters. The number of hydrogen-bond donors (Lipinski definition) is 1. The number of alkyl halides is 3. The van der Waals surface area contributed by atoms with E-state index in [9.17, 15) is 18.0 Å². The Hall–Kier alpha value is -1.74. The zero-order chi connectivity index (χ0) is 18.3. The Bertz CT molecular complexity index is 575. The van der Waals surface area contributed by atoms with Crippen LogP contribution >= 0.6 is 0 Å². The molecule has 25 heavy (non-hydrogen) atoms. The summed E-state index contributed by atoms with van der Waals surface area (Å²) in [7, 11) is 0. The Morgan fingerprint density at radius 1 is 1.40 bits per heavy atom. The van der Waals surface area contributed by atoms with Gasteiger partial charge in [0.2, 0.25) is 5.91 Å². The van der Waals surface area contributed by atoms with E-state index in [-0.39, 0.29) is 43.1 Å². The van der Waals surface area contributed by atoms with E-state index in [1.807, 2.05) is 0 Å². The van der Waals surface area contributed by atoms with Gasteiger partial charge < -0.3 is 14.8 Å². The number of hydrogen-bond acceptors (Lipinski definition) is 5. The molecule has 0 bridgehead atoms. The van der Waals surface area contributed by atoms with E-state index < -0.39 is 11.9 Å². The fourth-order valence-corrected chi connectivity index (χ4v) is 2.47. The molecule has 1 aliphatic rings. The van der Waals surface area contributed by atoms with Crippen molar-refractivity contribution in [3.8, 4) is 0 Å². The van der Waals surface area contributed by atoms with Gasteiger partial charge in [-0.15, -0.1) is 0 Å². The van der Waals surface area contributed by atoms with E-state index in [2.05, 4.69) is 15.3 Å². The minimum Gasteiger partial charge on any atom is -0.376 e. The van der Waals surface area contributed by atoms with Crippen molar-refractivity contribution in [2.24, 2.45) is 0 Å². The van der Waals surface area contributed by atoms with Crippen LogP contribution in [0, 0.1) is 6.92 Å². The molecule has 1 N–H and O–H groups in total. The second-order valence-corrected chi connectivity index (χ2v) is 5.91. The highest BCUT2D eigenvalue weighted by Crippen LogP contribution is 2.27. The molecule has 1 amide bonds. The second kappa shape index (κ2) is 9.10. The lowest BCUT2D eigenvalue weighted by Gasteiger charge is -2.22. The first kappa shape index (κ1) is 19.6. The molecule has 0 unspecified atom stereocenters. The van der Waals surface area contributed by atoms with E-state index in [1.54, 1.807) is 0 Å². The van der Waals surface area contributed by atoms with Crippen LogP contribution in [0.5, 0.6) is 0 Å². The number of aromatic nitrogens is 2. The van der Waals surface area contributed by atoms with Crippen LogP contribution in [0.3, 0.4) is 0 Å². The van der Waals surface area contributed by atoms with E-state index in [1.165, 1.54) is 6.92 Å². The first-order valence-electron chi connectivity index (χ1n) is 8.22. The minimum absolute atomic E-state index is 0.0306. The number of amides is 1. The molecule has 0 radical (unpaired) electrons. The lowest BCUT2D eigenvalue weighted by atomic mass is 10.1. The van der Waals surface area contributed by atoms with Gasteiger partial charge in [0.1, 0.15) is 18.1 Å². The van der Waals surface area contributed by atoms with Crippen LogP contribution in [0.25, 0.3) is 0 Å². The number of carbonyl (C=O) groups excluding carboxylic acids is 1. The van der Waals surface area contributed by atoms with E-state index in [0.717, 1.165) is 31.9 Å². The molecule has 2 rings (SSSR count). The summed E-state index contributed by atoms with van der Waals surface area (Å²) in [5.41, 5.74) is -0.739. The molecule has 1 aliphatic heterocycles. The van der Waals surface area contributed by atoms with Crippen LogP contribution < -0.4 is 5.32 Å². The van der Waals surface area contributed by atoms with E-state index >= 15 is 0 Å². The van der Waals surface area contributed by atoms with E-state index in [4.69, 9.17) is 9.47 Å². The molecule has 140 valence electrons. The normalized spacial score (nSPS) is 18.2. The molecule has 1 fully saturated rings. The Morgan fingerprint density at radius 3 is 2.88 bits per heavy atom. The van der Waals surface area contributed by atoms with E-state index in [0.29, 0.717) is 6.61 Å². The van der Waals surface area contributed by atoms with Crippen LogP contribution in [0.2, 0.25) is 0 Å². The molecule has 9 heteroatoms. The average Bonchev–Trinajstić information content (AvgIpc) is 2.54. The number of halogens is 3. The van der Waals surface area contributed by atoms with Crippen LogP contribution in [-0.4, -0.2) is 48.3 Å². The monoisotopic (exact) mass is 361 g/mol. The van der Waals surface area contributed by atoms with Crippen molar-refractivity contribution < 1.29 is 27.4 Å². The Morgan fingerprint density at radius 2 is 2.20 bits per heavy atom. The number of ether oxygens (including phenoxy) is 2. The number of aryl methyl sites for hydroxylation is 1. The third-order valence-electron chi connectivity index (χ3n) is 3.67. The molecule has 1 aromatic heterocycles. The molecule has 1 aromatic rings. The predicted molar refractivity (Wildman–Crippen MR) is 82.9 cm³/mol. The van der Waals surface area contributed by atoms with Crippen molar-refractivity contribution in [1.82, 2.24) is 15.3 Å². The second-order valence-electron chi connectivity index (χ2n) is 5.91. The van der Waals surface area contributed by atoms with Gasteiger partial charge in [-0.1, -0.05) is 0 Å². The number of nitrogens with zero attached hydrogens (tertiary/aromatic N) is 2. The lowest BCUT2D eigenvalue weighted by Crippen LogP contribution is -2.32. The average molecular weight is 361 g/mol. The van der Waals surface area contributed by atoms with Crippen molar-refractivity contribution in [3.05, 3.63) is 23.3 Å². The maximum Gasteiger partial charge on any atom is 0.433 e. The fraction of sp³-hybridized carbons (Fsp3) is 0.688.